The van der Waals surface area contributed by atoms with Crippen molar-refractivity contribution >= 4 is 11.9 Å². The van der Waals surface area contributed by atoms with Gasteiger partial charge >= 0.3 is 5.97 Å². The van der Waals surface area contributed by atoms with Crippen LogP contribution in [0.1, 0.15) is 38.7 Å². The Bertz CT molecular complexity index is 476. The van der Waals surface area contributed by atoms with Crippen LogP contribution < -0.4 is 11.1 Å². The highest BCUT2D eigenvalue weighted by atomic mass is 16.4. The first kappa shape index (κ1) is 17.2. The van der Waals surface area contributed by atoms with E-state index in [-0.39, 0.29) is 0 Å². The van der Waals surface area contributed by atoms with Gasteiger partial charge in [0.05, 0.1) is 6.04 Å². The minimum atomic E-state index is -1.25. The molecule has 0 heterocycles. The van der Waals surface area contributed by atoms with E-state index < -0.39 is 23.5 Å². The molecule has 5 heteroatoms. The zero-order valence-corrected chi connectivity index (χ0v) is 12.6. The fraction of sp³-hybridized carbons (Fsp3) is 0.500. The maximum atomic E-state index is 12.1. The van der Waals surface area contributed by atoms with Crippen LogP contribution in [0.5, 0.6) is 0 Å². The quantitative estimate of drug-likeness (QED) is 0.680. The number of aliphatic carboxylic acids is 1. The van der Waals surface area contributed by atoms with E-state index in [1.54, 1.807) is 0 Å². The molecule has 2 atom stereocenters. The van der Waals surface area contributed by atoms with Gasteiger partial charge in [-0.1, -0.05) is 43.7 Å². The Kier molecular flexibility index (Phi) is 6.37. The highest BCUT2D eigenvalue weighted by Crippen LogP contribution is 2.13. The van der Waals surface area contributed by atoms with E-state index >= 15 is 0 Å². The lowest BCUT2D eigenvalue weighted by Gasteiger charge is -2.27. The first-order valence-corrected chi connectivity index (χ1v) is 7.24. The van der Waals surface area contributed by atoms with Gasteiger partial charge in [-0.2, -0.15) is 0 Å². The van der Waals surface area contributed by atoms with Gasteiger partial charge in [0.15, 0.2) is 0 Å². The predicted octanol–water partition coefficient (Wildman–Crippen LogP) is 1.71. The molecule has 0 aliphatic rings. The van der Waals surface area contributed by atoms with Gasteiger partial charge in [0.25, 0.3) is 0 Å². The van der Waals surface area contributed by atoms with Crippen LogP contribution in [0.2, 0.25) is 0 Å². The Balaban J connectivity index is 2.55. The summed E-state index contributed by atoms with van der Waals surface area (Å²) in [6.07, 6.45) is 2.21. The standard InChI is InChI=1S/C16H24N2O3/c1-3-11-16(2,15(20)21)18-14(19)13(17)10-9-12-7-5-4-6-8-12/h4-8,13H,3,9-11,17H2,1-2H3,(H,18,19)(H,20,21). The van der Waals surface area contributed by atoms with E-state index in [1.165, 1.54) is 6.92 Å². The number of benzene rings is 1. The van der Waals surface area contributed by atoms with Crippen molar-refractivity contribution in [1.82, 2.24) is 5.32 Å². The molecule has 0 aromatic heterocycles. The molecule has 0 aliphatic heterocycles. The lowest BCUT2D eigenvalue weighted by molar-refractivity contribution is -0.147. The topological polar surface area (TPSA) is 92.4 Å². The molecule has 5 nitrogen and oxygen atoms in total. The van der Waals surface area contributed by atoms with Crippen LogP contribution in [0, 0.1) is 0 Å². The average molecular weight is 292 g/mol. The Morgan fingerprint density at radius 1 is 1.33 bits per heavy atom. The van der Waals surface area contributed by atoms with Gasteiger partial charge in [-0.05, 0) is 31.7 Å². The smallest absolute Gasteiger partial charge is 0.329 e. The van der Waals surface area contributed by atoms with Crippen LogP contribution in [-0.4, -0.2) is 28.6 Å². The van der Waals surface area contributed by atoms with Crippen molar-refractivity contribution in [3.05, 3.63) is 35.9 Å². The van der Waals surface area contributed by atoms with E-state index in [9.17, 15) is 14.7 Å². The third-order valence-electron chi connectivity index (χ3n) is 3.54. The summed E-state index contributed by atoms with van der Waals surface area (Å²) in [4.78, 5) is 23.4. The monoisotopic (exact) mass is 292 g/mol. The zero-order valence-electron chi connectivity index (χ0n) is 12.6. The molecule has 0 bridgehead atoms. The van der Waals surface area contributed by atoms with Gasteiger partial charge in [-0.25, -0.2) is 4.79 Å². The van der Waals surface area contributed by atoms with Crippen LogP contribution in [-0.2, 0) is 16.0 Å². The molecule has 1 rings (SSSR count). The van der Waals surface area contributed by atoms with E-state index in [2.05, 4.69) is 5.32 Å². The maximum absolute atomic E-state index is 12.1. The van der Waals surface area contributed by atoms with Crippen LogP contribution in [0.4, 0.5) is 0 Å². The van der Waals surface area contributed by atoms with Gasteiger partial charge in [-0.15, -0.1) is 0 Å². The molecule has 0 saturated heterocycles. The van der Waals surface area contributed by atoms with Crippen molar-refractivity contribution in [3.8, 4) is 0 Å². The minimum Gasteiger partial charge on any atom is -0.480 e. The largest absolute Gasteiger partial charge is 0.480 e. The molecule has 0 saturated carbocycles. The van der Waals surface area contributed by atoms with Crippen LogP contribution in [0.3, 0.4) is 0 Å². The van der Waals surface area contributed by atoms with E-state index in [0.29, 0.717) is 25.7 Å². The summed E-state index contributed by atoms with van der Waals surface area (Å²) in [5.41, 5.74) is 5.72. The Labute approximate surface area is 125 Å². The normalized spacial score (nSPS) is 15.0. The number of carbonyl (C=O) groups is 2. The molecule has 4 N–H and O–H groups in total. The third kappa shape index (κ3) is 5.19. The van der Waals surface area contributed by atoms with Gasteiger partial charge in [0.1, 0.15) is 5.54 Å². The highest BCUT2D eigenvalue weighted by Gasteiger charge is 2.34. The Morgan fingerprint density at radius 3 is 2.48 bits per heavy atom. The molecular formula is C16H24N2O3. The molecule has 21 heavy (non-hydrogen) atoms. The van der Waals surface area contributed by atoms with Crippen molar-refractivity contribution in [2.24, 2.45) is 5.73 Å². The number of carboxylic acid groups (broad SMARTS) is 1. The summed E-state index contributed by atoms with van der Waals surface area (Å²) in [5, 5.41) is 11.8. The van der Waals surface area contributed by atoms with Crippen molar-refractivity contribution in [1.29, 1.82) is 0 Å². The summed E-state index contributed by atoms with van der Waals surface area (Å²) in [7, 11) is 0. The first-order valence-electron chi connectivity index (χ1n) is 7.24. The third-order valence-corrected chi connectivity index (χ3v) is 3.54. The number of amides is 1. The van der Waals surface area contributed by atoms with E-state index in [4.69, 9.17) is 5.73 Å². The van der Waals surface area contributed by atoms with Crippen LogP contribution in [0.15, 0.2) is 30.3 Å². The number of hydrogen-bond acceptors (Lipinski definition) is 3. The van der Waals surface area contributed by atoms with Crippen molar-refractivity contribution in [3.63, 3.8) is 0 Å². The molecule has 0 spiro atoms. The lowest BCUT2D eigenvalue weighted by atomic mass is 9.95. The number of nitrogens with one attached hydrogen (secondary N) is 1. The number of carboxylic acids is 1. The van der Waals surface area contributed by atoms with Gasteiger partial charge in [0.2, 0.25) is 5.91 Å². The van der Waals surface area contributed by atoms with Crippen molar-refractivity contribution < 1.29 is 14.7 Å². The fourth-order valence-corrected chi connectivity index (χ4v) is 2.19. The summed E-state index contributed by atoms with van der Waals surface area (Å²) in [6.45, 7) is 3.39. The number of carbonyl (C=O) groups excluding carboxylic acids is 1. The average Bonchev–Trinajstić information content (AvgIpc) is 2.45. The van der Waals surface area contributed by atoms with Gasteiger partial charge in [-0.3, -0.25) is 4.79 Å². The molecule has 1 aromatic rings. The summed E-state index contributed by atoms with van der Waals surface area (Å²) < 4.78 is 0. The van der Waals surface area contributed by atoms with Crippen LogP contribution in [0.25, 0.3) is 0 Å². The molecule has 0 aliphatic carbocycles. The van der Waals surface area contributed by atoms with Gasteiger partial charge in [0, 0.05) is 0 Å². The van der Waals surface area contributed by atoms with Crippen molar-refractivity contribution in [2.45, 2.75) is 51.1 Å². The van der Waals surface area contributed by atoms with E-state index in [0.717, 1.165) is 5.56 Å². The molecule has 116 valence electrons. The molecule has 1 aromatic carbocycles. The maximum Gasteiger partial charge on any atom is 0.329 e. The molecule has 0 fully saturated rings. The Morgan fingerprint density at radius 2 is 1.95 bits per heavy atom. The summed E-state index contributed by atoms with van der Waals surface area (Å²) in [6, 6.07) is 9.04. The lowest BCUT2D eigenvalue weighted by Crippen LogP contribution is -2.56. The number of nitrogens with two attached hydrogens (primary N) is 1. The highest BCUT2D eigenvalue weighted by molar-refractivity contribution is 5.89. The Hall–Kier alpha value is -1.88. The van der Waals surface area contributed by atoms with Crippen molar-refractivity contribution in [2.75, 3.05) is 0 Å². The molecule has 1 amide bonds. The molecule has 2 unspecified atom stereocenters. The zero-order chi connectivity index (χ0) is 15.9. The second kappa shape index (κ2) is 7.78. The number of rotatable bonds is 8. The molecular weight excluding hydrogens is 268 g/mol. The minimum absolute atomic E-state index is 0.374. The van der Waals surface area contributed by atoms with Gasteiger partial charge < -0.3 is 16.2 Å². The number of aryl methyl sites for hydroxylation is 1. The van der Waals surface area contributed by atoms with E-state index in [1.807, 2.05) is 37.3 Å². The summed E-state index contributed by atoms with van der Waals surface area (Å²) in [5.74, 6) is -1.45. The predicted molar refractivity (Wildman–Crippen MR) is 81.8 cm³/mol. The molecule has 0 radical (unpaired) electrons. The second-order valence-corrected chi connectivity index (χ2v) is 5.51. The SMILES string of the molecule is CCCC(C)(NC(=O)C(N)CCc1ccccc1)C(=O)O. The fourth-order valence-electron chi connectivity index (χ4n) is 2.19. The summed E-state index contributed by atoms with van der Waals surface area (Å²) >= 11 is 0. The second-order valence-electron chi connectivity index (χ2n) is 5.51. The first-order chi connectivity index (χ1) is 9.89. The van der Waals surface area contributed by atoms with Crippen LogP contribution >= 0.6 is 0 Å². The number of hydrogen-bond donors (Lipinski definition) is 3.